The van der Waals surface area contributed by atoms with E-state index in [1.54, 1.807) is 6.92 Å². The Bertz CT molecular complexity index is 766. The van der Waals surface area contributed by atoms with E-state index in [0.717, 1.165) is 21.8 Å². The van der Waals surface area contributed by atoms with E-state index in [1.165, 1.54) is 11.3 Å². The molecule has 1 N–H and O–H groups in total. The van der Waals surface area contributed by atoms with Crippen LogP contribution in [-0.2, 0) is 9.53 Å². The molecule has 1 heterocycles. The largest absolute Gasteiger partial charge is 0.451 e. The Kier molecular flexibility index (Phi) is 5.72. The maximum absolute atomic E-state index is 12.2. The van der Waals surface area contributed by atoms with E-state index >= 15 is 0 Å². The Balaban J connectivity index is 2.02. The summed E-state index contributed by atoms with van der Waals surface area (Å²) in [7, 11) is 0. The van der Waals surface area contributed by atoms with Crippen molar-refractivity contribution in [1.29, 1.82) is 0 Å². The predicted octanol–water partition coefficient (Wildman–Crippen LogP) is 3.99. The SMILES string of the molecule is Cc1nc(C)c(C(=O)OCC(=O)Nc2c(C)cccc2C(C)C)s1. The third-order valence-electron chi connectivity index (χ3n) is 3.61. The average molecular weight is 346 g/mol. The van der Waals surface area contributed by atoms with Crippen LogP contribution in [0.5, 0.6) is 0 Å². The Labute approximate surface area is 146 Å². The molecule has 0 saturated heterocycles. The van der Waals surface area contributed by atoms with Gasteiger partial charge in [0.05, 0.1) is 10.7 Å². The van der Waals surface area contributed by atoms with Crippen LogP contribution in [0.4, 0.5) is 5.69 Å². The third kappa shape index (κ3) is 4.20. The van der Waals surface area contributed by atoms with Crippen LogP contribution in [-0.4, -0.2) is 23.5 Å². The number of rotatable bonds is 5. The minimum absolute atomic E-state index is 0.283. The maximum Gasteiger partial charge on any atom is 0.350 e. The van der Waals surface area contributed by atoms with Crippen molar-refractivity contribution in [3.8, 4) is 0 Å². The molecule has 0 radical (unpaired) electrons. The van der Waals surface area contributed by atoms with Gasteiger partial charge in [0.15, 0.2) is 6.61 Å². The number of thiazole rings is 1. The number of anilines is 1. The minimum atomic E-state index is -0.512. The van der Waals surface area contributed by atoms with Gasteiger partial charge in [-0.3, -0.25) is 4.79 Å². The summed E-state index contributed by atoms with van der Waals surface area (Å²) in [6.45, 7) is 9.34. The van der Waals surface area contributed by atoms with Crippen molar-refractivity contribution < 1.29 is 14.3 Å². The lowest BCUT2D eigenvalue weighted by Gasteiger charge is -2.16. The van der Waals surface area contributed by atoms with Crippen LogP contribution in [0.25, 0.3) is 0 Å². The van der Waals surface area contributed by atoms with Crippen molar-refractivity contribution >= 4 is 28.9 Å². The van der Waals surface area contributed by atoms with Gasteiger partial charge in [-0.2, -0.15) is 0 Å². The van der Waals surface area contributed by atoms with Crippen LogP contribution in [0.1, 0.15) is 51.3 Å². The molecule has 2 rings (SSSR count). The average Bonchev–Trinajstić information content (AvgIpc) is 2.85. The smallest absolute Gasteiger partial charge is 0.350 e. The second-order valence-electron chi connectivity index (χ2n) is 5.97. The standard InChI is InChI=1S/C18H22N2O3S/c1-10(2)14-8-6-7-11(3)16(14)20-15(21)9-23-18(22)17-12(4)19-13(5)24-17/h6-8,10H,9H2,1-5H3,(H,20,21). The summed E-state index contributed by atoms with van der Waals surface area (Å²) in [6, 6.07) is 5.90. The van der Waals surface area contributed by atoms with E-state index in [4.69, 9.17) is 4.74 Å². The first kappa shape index (κ1) is 18.1. The lowest BCUT2D eigenvalue weighted by molar-refractivity contribution is -0.119. The highest BCUT2D eigenvalue weighted by molar-refractivity contribution is 7.13. The molecule has 2 aromatic rings. The van der Waals surface area contributed by atoms with E-state index < -0.39 is 5.97 Å². The Hall–Kier alpha value is -2.21. The molecular weight excluding hydrogens is 324 g/mol. The second-order valence-corrected chi connectivity index (χ2v) is 7.17. The second kappa shape index (κ2) is 7.57. The van der Waals surface area contributed by atoms with E-state index in [0.29, 0.717) is 10.6 Å². The summed E-state index contributed by atoms with van der Waals surface area (Å²) in [4.78, 5) is 28.8. The van der Waals surface area contributed by atoms with Crippen molar-refractivity contribution in [2.45, 2.75) is 40.5 Å². The first-order valence-corrected chi connectivity index (χ1v) is 8.61. The number of aryl methyl sites for hydroxylation is 3. The van der Waals surface area contributed by atoms with Gasteiger partial charge in [0.1, 0.15) is 4.88 Å². The van der Waals surface area contributed by atoms with Gasteiger partial charge in [-0.25, -0.2) is 9.78 Å². The molecular formula is C18H22N2O3S. The molecule has 128 valence electrons. The van der Waals surface area contributed by atoms with Crippen molar-refractivity contribution in [3.05, 3.63) is 44.9 Å². The van der Waals surface area contributed by atoms with Crippen LogP contribution >= 0.6 is 11.3 Å². The molecule has 1 aromatic carbocycles. The van der Waals surface area contributed by atoms with Gasteiger partial charge < -0.3 is 10.1 Å². The molecule has 5 nitrogen and oxygen atoms in total. The number of esters is 1. The number of aromatic nitrogens is 1. The molecule has 0 aliphatic rings. The van der Waals surface area contributed by atoms with Crippen LogP contribution in [0.2, 0.25) is 0 Å². The van der Waals surface area contributed by atoms with Crippen molar-refractivity contribution in [1.82, 2.24) is 4.98 Å². The summed E-state index contributed by atoms with van der Waals surface area (Å²) < 4.78 is 5.12. The molecule has 0 fully saturated rings. The molecule has 1 amide bonds. The maximum atomic E-state index is 12.2. The first-order chi connectivity index (χ1) is 11.3. The first-order valence-electron chi connectivity index (χ1n) is 7.80. The number of ether oxygens (including phenoxy) is 1. The van der Waals surface area contributed by atoms with E-state index in [1.807, 2.05) is 32.0 Å². The number of benzene rings is 1. The number of hydrogen-bond donors (Lipinski definition) is 1. The van der Waals surface area contributed by atoms with Gasteiger partial charge in [-0.1, -0.05) is 32.0 Å². The number of carbonyl (C=O) groups excluding carboxylic acids is 2. The zero-order valence-corrected chi connectivity index (χ0v) is 15.4. The van der Waals surface area contributed by atoms with E-state index in [2.05, 4.69) is 24.1 Å². The number of nitrogens with zero attached hydrogens (tertiary/aromatic N) is 1. The molecule has 0 saturated carbocycles. The van der Waals surface area contributed by atoms with E-state index in [-0.39, 0.29) is 18.4 Å². The highest BCUT2D eigenvalue weighted by atomic mass is 32.1. The molecule has 24 heavy (non-hydrogen) atoms. The van der Waals surface area contributed by atoms with Gasteiger partial charge in [0.25, 0.3) is 5.91 Å². The number of carbonyl (C=O) groups is 2. The zero-order valence-electron chi connectivity index (χ0n) is 14.6. The fourth-order valence-electron chi connectivity index (χ4n) is 2.44. The van der Waals surface area contributed by atoms with Gasteiger partial charge in [-0.15, -0.1) is 11.3 Å². The fraction of sp³-hybridized carbons (Fsp3) is 0.389. The van der Waals surface area contributed by atoms with Crippen LogP contribution in [0.3, 0.4) is 0 Å². The lowest BCUT2D eigenvalue weighted by Crippen LogP contribution is -2.22. The third-order valence-corrected chi connectivity index (χ3v) is 4.67. The summed E-state index contributed by atoms with van der Waals surface area (Å²) in [5.41, 5.74) is 3.46. The normalized spacial score (nSPS) is 10.8. The highest BCUT2D eigenvalue weighted by Gasteiger charge is 2.18. The monoisotopic (exact) mass is 346 g/mol. The summed E-state index contributed by atoms with van der Waals surface area (Å²) in [5.74, 6) is -0.578. The number of nitrogens with one attached hydrogen (secondary N) is 1. The quantitative estimate of drug-likeness (QED) is 0.831. The summed E-state index contributed by atoms with van der Waals surface area (Å²) in [6.07, 6.45) is 0. The number of para-hydroxylation sites is 1. The van der Waals surface area contributed by atoms with Gasteiger partial charge in [0.2, 0.25) is 0 Å². The van der Waals surface area contributed by atoms with Crippen molar-refractivity contribution in [3.63, 3.8) is 0 Å². The van der Waals surface area contributed by atoms with Crippen LogP contribution in [0.15, 0.2) is 18.2 Å². The molecule has 0 aliphatic heterocycles. The molecule has 1 aromatic heterocycles. The molecule has 0 aliphatic carbocycles. The molecule has 0 spiro atoms. The molecule has 0 atom stereocenters. The Morgan fingerprint density at radius 1 is 1.25 bits per heavy atom. The highest BCUT2D eigenvalue weighted by Crippen LogP contribution is 2.27. The minimum Gasteiger partial charge on any atom is -0.451 e. The summed E-state index contributed by atoms with van der Waals surface area (Å²) in [5, 5.41) is 3.66. The topological polar surface area (TPSA) is 68.3 Å². The predicted molar refractivity (Wildman–Crippen MR) is 95.8 cm³/mol. The molecule has 6 heteroatoms. The lowest BCUT2D eigenvalue weighted by atomic mass is 9.98. The van der Waals surface area contributed by atoms with Crippen LogP contribution in [0, 0.1) is 20.8 Å². The summed E-state index contributed by atoms with van der Waals surface area (Å²) >= 11 is 1.27. The van der Waals surface area contributed by atoms with Crippen molar-refractivity contribution in [2.24, 2.45) is 0 Å². The molecule has 0 bridgehead atoms. The Morgan fingerprint density at radius 3 is 2.54 bits per heavy atom. The van der Waals surface area contributed by atoms with Gasteiger partial charge in [0, 0.05) is 5.69 Å². The van der Waals surface area contributed by atoms with Crippen LogP contribution < -0.4 is 5.32 Å². The zero-order chi connectivity index (χ0) is 17.9. The van der Waals surface area contributed by atoms with Crippen molar-refractivity contribution in [2.75, 3.05) is 11.9 Å². The Morgan fingerprint density at radius 2 is 1.96 bits per heavy atom. The number of hydrogen-bond acceptors (Lipinski definition) is 5. The van der Waals surface area contributed by atoms with Gasteiger partial charge >= 0.3 is 5.97 Å². The van der Waals surface area contributed by atoms with Gasteiger partial charge in [-0.05, 0) is 37.8 Å². The molecule has 0 unspecified atom stereocenters. The number of amides is 1. The fourth-order valence-corrected chi connectivity index (χ4v) is 3.25. The van der Waals surface area contributed by atoms with E-state index in [9.17, 15) is 9.59 Å².